The summed E-state index contributed by atoms with van der Waals surface area (Å²) in [6.45, 7) is 0.133. The van der Waals surface area contributed by atoms with Crippen molar-refractivity contribution in [2.45, 2.75) is 6.54 Å². The topological polar surface area (TPSA) is 32.7 Å². The highest BCUT2D eigenvalue weighted by Gasteiger charge is 2.09. The van der Waals surface area contributed by atoms with Gasteiger partial charge in [-0.25, -0.2) is 4.39 Å². The van der Waals surface area contributed by atoms with E-state index in [4.69, 9.17) is 9.94 Å². The van der Waals surface area contributed by atoms with Crippen molar-refractivity contribution in [3.05, 3.63) is 28.0 Å². The molecule has 1 rings (SSSR count). The van der Waals surface area contributed by atoms with Crippen molar-refractivity contribution in [2.24, 2.45) is 0 Å². The van der Waals surface area contributed by atoms with Crippen LogP contribution >= 0.6 is 15.9 Å². The van der Waals surface area contributed by atoms with E-state index in [1.54, 1.807) is 6.07 Å². The van der Waals surface area contributed by atoms with Gasteiger partial charge in [-0.2, -0.15) is 5.06 Å². The molecule has 0 bridgehead atoms. The molecule has 1 aromatic carbocycles. The summed E-state index contributed by atoms with van der Waals surface area (Å²) in [6, 6.07) is 2.86. The minimum atomic E-state index is -0.397. The van der Waals surface area contributed by atoms with Crippen LogP contribution < -0.4 is 4.74 Å². The molecule has 0 aromatic heterocycles. The molecule has 0 aliphatic carbocycles. The summed E-state index contributed by atoms with van der Waals surface area (Å²) in [5, 5.41) is 9.88. The first-order valence-corrected chi connectivity index (χ1v) is 4.76. The zero-order chi connectivity index (χ0) is 10.7. The molecule has 14 heavy (non-hydrogen) atoms. The van der Waals surface area contributed by atoms with Gasteiger partial charge in [0.1, 0.15) is 11.6 Å². The minimum Gasteiger partial charge on any atom is -0.495 e. The van der Waals surface area contributed by atoms with Crippen molar-refractivity contribution in [3.63, 3.8) is 0 Å². The number of benzene rings is 1. The van der Waals surface area contributed by atoms with Gasteiger partial charge in [0.05, 0.1) is 18.1 Å². The molecule has 0 saturated carbocycles. The Balaban J connectivity index is 3.02. The van der Waals surface area contributed by atoms with Crippen LogP contribution in [0.3, 0.4) is 0 Å². The molecule has 5 heteroatoms. The molecule has 78 valence electrons. The Morgan fingerprint density at radius 3 is 2.71 bits per heavy atom. The number of methoxy groups -OCH3 is 1. The molecule has 0 spiro atoms. The third-order valence-corrected chi connectivity index (χ3v) is 2.34. The molecule has 0 fully saturated rings. The Morgan fingerprint density at radius 2 is 2.21 bits per heavy atom. The highest BCUT2D eigenvalue weighted by molar-refractivity contribution is 9.10. The molecule has 0 saturated heterocycles. The average molecular weight is 264 g/mol. The second-order valence-electron chi connectivity index (χ2n) is 2.89. The van der Waals surface area contributed by atoms with Gasteiger partial charge < -0.3 is 9.94 Å². The predicted octanol–water partition coefficient (Wildman–Crippen LogP) is 2.42. The van der Waals surface area contributed by atoms with Gasteiger partial charge >= 0.3 is 0 Å². The molecular formula is C9H11BrFNO2. The van der Waals surface area contributed by atoms with Gasteiger partial charge in [-0.3, -0.25) is 0 Å². The SMILES string of the molecule is COc1cc(F)c(CN(C)O)cc1Br. The van der Waals surface area contributed by atoms with E-state index in [0.717, 1.165) is 5.06 Å². The van der Waals surface area contributed by atoms with Crippen LogP contribution in [-0.4, -0.2) is 24.4 Å². The van der Waals surface area contributed by atoms with E-state index in [9.17, 15) is 4.39 Å². The summed E-state index contributed by atoms with van der Waals surface area (Å²) in [6.07, 6.45) is 0. The maximum Gasteiger partial charge on any atom is 0.135 e. The third kappa shape index (κ3) is 2.67. The fourth-order valence-corrected chi connectivity index (χ4v) is 1.65. The van der Waals surface area contributed by atoms with Gasteiger partial charge in [-0.05, 0) is 22.0 Å². The van der Waals surface area contributed by atoms with Crippen molar-refractivity contribution < 1.29 is 14.3 Å². The number of ether oxygens (including phenoxy) is 1. The van der Waals surface area contributed by atoms with Gasteiger partial charge in [0.15, 0.2) is 0 Å². The number of nitrogens with zero attached hydrogens (tertiary/aromatic N) is 1. The smallest absolute Gasteiger partial charge is 0.135 e. The molecule has 0 aliphatic rings. The molecule has 0 amide bonds. The lowest BCUT2D eigenvalue weighted by Gasteiger charge is -2.11. The Bertz CT molecular complexity index is 331. The number of hydroxylamine groups is 2. The largest absolute Gasteiger partial charge is 0.495 e. The van der Waals surface area contributed by atoms with Crippen LogP contribution in [0.1, 0.15) is 5.56 Å². The molecule has 0 heterocycles. The fourth-order valence-electron chi connectivity index (χ4n) is 1.09. The van der Waals surface area contributed by atoms with Crippen molar-refractivity contribution in [1.82, 2.24) is 5.06 Å². The summed E-state index contributed by atoms with van der Waals surface area (Å²) < 4.78 is 18.9. The molecule has 0 unspecified atom stereocenters. The summed E-state index contributed by atoms with van der Waals surface area (Å²) in [7, 11) is 2.93. The van der Waals surface area contributed by atoms with Gasteiger partial charge in [0.2, 0.25) is 0 Å². The van der Waals surface area contributed by atoms with E-state index in [1.165, 1.54) is 20.2 Å². The summed E-state index contributed by atoms with van der Waals surface area (Å²) in [5.74, 6) is 0.0396. The van der Waals surface area contributed by atoms with E-state index in [-0.39, 0.29) is 6.54 Å². The van der Waals surface area contributed by atoms with Gasteiger partial charge in [-0.15, -0.1) is 0 Å². The lowest BCUT2D eigenvalue weighted by Crippen LogP contribution is -2.13. The molecule has 1 N–H and O–H groups in total. The van der Waals surface area contributed by atoms with Crippen LogP contribution in [0.5, 0.6) is 5.75 Å². The third-order valence-electron chi connectivity index (χ3n) is 1.72. The van der Waals surface area contributed by atoms with Crippen LogP contribution in [0.4, 0.5) is 4.39 Å². The zero-order valence-corrected chi connectivity index (χ0v) is 9.51. The summed E-state index contributed by atoms with van der Waals surface area (Å²) in [5.41, 5.74) is 0.405. The monoisotopic (exact) mass is 263 g/mol. The molecule has 0 aliphatic heterocycles. The van der Waals surface area contributed by atoms with E-state index in [2.05, 4.69) is 15.9 Å². The Kier molecular flexibility index (Phi) is 3.86. The van der Waals surface area contributed by atoms with Gasteiger partial charge in [-0.1, -0.05) is 0 Å². The van der Waals surface area contributed by atoms with Crippen molar-refractivity contribution in [3.8, 4) is 5.75 Å². The van der Waals surface area contributed by atoms with E-state index >= 15 is 0 Å². The van der Waals surface area contributed by atoms with E-state index in [1.807, 2.05) is 0 Å². The molecule has 0 atom stereocenters. The number of halogens is 2. The van der Waals surface area contributed by atoms with Crippen LogP contribution in [0.25, 0.3) is 0 Å². The number of hydrogen-bond donors (Lipinski definition) is 1. The molecule has 0 radical (unpaired) electrons. The van der Waals surface area contributed by atoms with Gasteiger partial charge in [0.25, 0.3) is 0 Å². The number of rotatable bonds is 3. The van der Waals surface area contributed by atoms with E-state index in [0.29, 0.717) is 15.8 Å². The predicted molar refractivity (Wildman–Crippen MR) is 53.9 cm³/mol. The van der Waals surface area contributed by atoms with Crippen molar-refractivity contribution in [1.29, 1.82) is 0 Å². The van der Waals surface area contributed by atoms with E-state index < -0.39 is 5.82 Å². The van der Waals surface area contributed by atoms with Crippen LogP contribution in [-0.2, 0) is 6.54 Å². The van der Waals surface area contributed by atoms with Crippen molar-refractivity contribution >= 4 is 15.9 Å². The first-order chi connectivity index (χ1) is 6.54. The Labute approximate surface area is 90.2 Å². The fraction of sp³-hybridized carbons (Fsp3) is 0.333. The lowest BCUT2D eigenvalue weighted by atomic mass is 10.2. The second-order valence-corrected chi connectivity index (χ2v) is 3.75. The molecular weight excluding hydrogens is 253 g/mol. The first kappa shape index (κ1) is 11.4. The average Bonchev–Trinajstić information content (AvgIpc) is 2.10. The quantitative estimate of drug-likeness (QED) is 0.851. The molecule has 3 nitrogen and oxygen atoms in total. The van der Waals surface area contributed by atoms with Crippen molar-refractivity contribution in [2.75, 3.05) is 14.2 Å². The second kappa shape index (κ2) is 4.72. The number of hydrogen-bond acceptors (Lipinski definition) is 3. The highest BCUT2D eigenvalue weighted by Crippen LogP contribution is 2.28. The summed E-state index contributed by atoms with van der Waals surface area (Å²) in [4.78, 5) is 0. The first-order valence-electron chi connectivity index (χ1n) is 3.96. The Morgan fingerprint density at radius 1 is 1.57 bits per heavy atom. The minimum absolute atomic E-state index is 0.133. The van der Waals surface area contributed by atoms with Crippen LogP contribution in [0.15, 0.2) is 16.6 Å². The maximum atomic E-state index is 13.3. The lowest BCUT2D eigenvalue weighted by molar-refractivity contribution is -0.0738. The molecule has 1 aromatic rings. The standard InChI is InChI=1S/C9H11BrFNO2/c1-12(13)5-6-3-7(10)9(14-2)4-8(6)11/h3-4,13H,5H2,1-2H3. The normalized spacial score (nSPS) is 10.7. The summed E-state index contributed by atoms with van der Waals surface area (Å²) >= 11 is 3.24. The van der Waals surface area contributed by atoms with Crippen LogP contribution in [0, 0.1) is 5.82 Å². The Hall–Kier alpha value is -0.650. The zero-order valence-electron chi connectivity index (χ0n) is 7.92. The maximum absolute atomic E-state index is 13.3. The highest BCUT2D eigenvalue weighted by atomic mass is 79.9. The van der Waals surface area contributed by atoms with Gasteiger partial charge in [0, 0.05) is 18.7 Å². The van der Waals surface area contributed by atoms with Crippen LogP contribution in [0.2, 0.25) is 0 Å².